The summed E-state index contributed by atoms with van der Waals surface area (Å²) >= 11 is 0. The van der Waals surface area contributed by atoms with Gasteiger partial charge in [0.25, 0.3) is 0 Å². The van der Waals surface area contributed by atoms with Crippen molar-refractivity contribution in [2.75, 3.05) is 39.6 Å². The molecular weight excluding hydrogens is 992 g/mol. The SMILES string of the molecule is C=C(C)C(=O)OO[C@@H]1[C@@H](O)[C@H]2O[C@H]3[C@H](O)[C@@H](O)[C@@H](O[C@H]4[C@H](O)[C@@H](O)[C@@H](O[C@H]5[C@H](O)[C@@H](O)[C@@H](O[C@H]6[C@H](O)[C@@H](O)[C@@H](O[C@H]7[C@H](O)[C@@H](O)[C@@H](O[C@H]1[C@@H](CO)O2)O[C@@H]7CO)O[C@@H]6CO)O[C@@H]5CO)O[C@@H]4CO)O[C@@H]3CO. The zero-order valence-electron chi connectivity index (χ0n) is 38.0. The first-order valence-corrected chi connectivity index (χ1v) is 22.8. The molecule has 22 fully saturated rings. The van der Waals surface area contributed by atoms with Gasteiger partial charge in [0, 0.05) is 5.57 Å². The number of rotatable bonds is 9. The van der Waals surface area contributed by atoms with Crippen LogP contribution < -0.4 is 0 Å². The summed E-state index contributed by atoms with van der Waals surface area (Å²) in [5, 5.41) is 187. The van der Waals surface area contributed by atoms with E-state index in [4.69, 9.17) is 66.6 Å². The van der Waals surface area contributed by atoms with Crippen LogP contribution in [-0.4, -0.2) is 317 Å². The zero-order chi connectivity index (χ0) is 52.6. The Morgan fingerprint density at radius 1 is 0.347 bits per heavy atom. The molecule has 0 aliphatic carbocycles. The van der Waals surface area contributed by atoms with Gasteiger partial charge in [-0.15, -0.1) is 0 Å². The molecule has 0 saturated carbocycles. The molecule has 0 radical (unpaired) electrons. The van der Waals surface area contributed by atoms with E-state index in [0.29, 0.717) is 0 Å². The molecule has 22 aliphatic rings. The molecule has 0 spiro atoms. The molecule has 22 rings (SSSR count). The summed E-state index contributed by atoms with van der Waals surface area (Å²) < 4.78 is 68.7. The summed E-state index contributed by atoms with van der Waals surface area (Å²) in [6.45, 7) is -1.58. The lowest BCUT2D eigenvalue weighted by Gasteiger charge is -2.50. The molecular formula is C40H64O32. The minimum atomic E-state index is -2.23. The fourth-order valence-corrected chi connectivity index (χ4v) is 9.19. The van der Waals surface area contributed by atoms with Crippen molar-refractivity contribution in [1.82, 2.24) is 0 Å². The molecule has 22 saturated heterocycles. The molecule has 17 N–H and O–H groups in total. The maximum Gasteiger partial charge on any atom is 0.368 e. The van der Waals surface area contributed by atoms with Crippen LogP contribution in [0.15, 0.2) is 12.2 Å². The van der Waals surface area contributed by atoms with Crippen LogP contribution in [0.3, 0.4) is 0 Å². The van der Waals surface area contributed by atoms with E-state index in [1.54, 1.807) is 0 Å². The Hall–Kier alpha value is -1.99. The van der Waals surface area contributed by atoms with Gasteiger partial charge >= 0.3 is 5.97 Å². The van der Waals surface area contributed by atoms with Crippen molar-refractivity contribution in [2.24, 2.45) is 0 Å². The van der Waals surface area contributed by atoms with Crippen LogP contribution in [0.5, 0.6) is 0 Å². The lowest BCUT2D eigenvalue weighted by atomic mass is 9.94. The lowest BCUT2D eigenvalue weighted by molar-refractivity contribution is -0.421. The van der Waals surface area contributed by atoms with Crippen LogP contribution in [0.1, 0.15) is 6.92 Å². The first kappa shape index (κ1) is 57.7. The van der Waals surface area contributed by atoms with Crippen molar-refractivity contribution in [2.45, 2.75) is 191 Å². The Kier molecular flexibility index (Phi) is 19.7. The minimum Gasteiger partial charge on any atom is -0.394 e. The Bertz CT molecular complexity index is 1740. The van der Waals surface area contributed by atoms with E-state index >= 15 is 0 Å². The zero-order valence-corrected chi connectivity index (χ0v) is 38.0. The molecule has 0 amide bonds. The second-order valence-electron chi connectivity index (χ2n) is 18.1. The fourth-order valence-electron chi connectivity index (χ4n) is 9.19. The molecule has 22 aliphatic heterocycles. The minimum absolute atomic E-state index is 0.219. The predicted octanol–water partition coefficient (Wildman–Crippen LogP) is -12.0. The molecule has 0 aromatic rings. The van der Waals surface area contributed by atoms with Gasteiger partial charge in [0.2, 0.25) is 0 Å². The topological polar surface area (TPSA) is 490 Å². The quantitative estimate of drug-likeness (QED) is 0.0579. The van der Waals surface area contributed by atoms with Gasteiger partial charge in [-0.1, -0.05) is 6.58 Å². The number of carbonyl (C=O) groups is 1. The van der Waals surface area contributed by atoms with Crippen LogP contribution in [0.25, 0.3) is 0 Å². The number of aliphatic hydroxyl groups excluding tert-OH is 17. The van der Waals surface area contributed by atoms with E-state index < -0.39 is 230 Å². The summed E-state index contributed by atoms with van der Waals surface area (Å²) in [5.74, 6) is -1.19. The number of carbonyl (C=O) groups excluding carboxylic acids is 1. The largest absolute Gasteiger partial charge is 0.394 e. The highest BCUT2D eigenvalue weighted by Crippen LogP contribution is 2.38. The number of hydrogen-bond acceptors (Lipinski definition) is 32. The van der Waals surface area contributed by atoms with Gasteiger partial charge in [-0.05, 0) is 6.92 Å². The standard InChI is InChI=1S/C40H64O32/c1-9(2)34(58)72-71-33-26(57)40-64-15(8-46)32(33)70-39-25(56)20(51)30(13(6-44)63-39)68-37-23(54)18(49)28(11(4-42)61-37)66-35-21(52)16(47)27(10(3-41)59-35)65-36-22(53)17(48)29(12(5-43)60-36)67-38-24(55)19(50)31(69-40)14(7-45)62-38/h10-33,35-57H,1,3-8H2,2H3/t10-,11-,12-,13-,14-,15-,16-,17-,18-,19-,20-,21-,22-,23-,24-,25-,26-,27-,28-,29-,30-,31-,32+,33-,35-,36-,37-,38-,39-,40-/m1/s1. The van der Waals surface area contributed by atoms with Crippen molar-refractivity contribution in [3.63, 3.8) is 0 Å². The first-order valence-electron chi connectivity index (χ1n) is 22.8. The van der Waals surface area contributed by atoms with E-state index in [1.807, 2.05) is 0 Å². The molecule has 416 valence electrons. The smallest absolute Gasteiger partial charge is 0.368 e. The highest BCUT2D eigenvalue weighted by molar-refractivity contribution is 5.86. The maximum absolute atomic E-state index is 12.5. The summed E-state index contributed by atoms with van der Waals surface area (Å²) in [6.07, 6.45) is -59.9. The average Bonchev–Trinajstić information content (AvgIpc) is 3.36. The van der Waals surface area contributed by atoms with Crippen LogP contribution >= 0.6 is 0 Å². The first-order chi connectivity index (χ1) is 34.2. The molecule has 32 nitrogen and oxygen atoms in total. The molecule has 72 heavy (non-hydrogen) atoms. The Balaban J connectivity index is 1.22. The molecule has 12 bridgehead atoms. The van der Waals surface area contributed by atoms with Crippen molar-refractivity contribution >= 4 is 5.97 Å². The highest BCUT2D eigenvalue weighted by atomic mass is 17.2. The van der Waals surface area contributed by atoms with Crippen molar-refractivity contribution in [1.29, 1.82) is 0 Å². The van der Waals surface area contributed by atoms with Crippen molar-refractivity contribution in [3.8, 4) is 0 Å². The molecule has 0 aromatic carbocycles. The van der Waals surface area contributed by atoms with E-state index in [1.165, 1.54) is 6.92 Å². The van der Waals surface area contributed by atoms with Gasteiger partial charge in [-0.3, -0.25) is 4.89 Å². The summed E-state index contributed by atoms with van der Waals surface area (Å²) in [7, 11) is 0. The highest BCUT2D eigenvalue weighted by Gasteiger charge is 2.59. The summed E-state index contributed by atoms with van der Waals surface area (Å²) in [6, 6.07) is 0. The fraction of sp³-hybridized carbons (Fsp3) is 0.925. The molecule has 22 heterocycles. The number of aliphatic hydroxyl groups is 17. The predicted molar refractivity (Wildman–Crippen MR) is 216 cm³/mol. The number of ether oxygens (including phenoxy) is 12. The van der Waals surface area contributed by atoms with E-state index in [9.17, 15) is 91.6 Å². The van der Waals surface area contributed by atoms with Gasteiger partial charge in [0.05, 0.1) is 39.6 Å². The molecule has 30 atom stereocenters. The second-order valence-corrected chi connectivity index (χ2v) is 18.1. The van der Waals surface area contributed by atoms with Crippen LogP contribution in [0.2, 0.25) is 0 Å². The van der Waals surface area contributed by atoms with Crippen LogP contribution in [0.4, 0.5) is 0 Å². The van der Waals surface area contributed by atoms with E-state index in [0.717, 1.165) is 0 Å². The van der Waals surface area contributed by atoms with E-state index in [2.05, 4.69) is 6.58 Å². The summed E-state index contributed by atoms with van der Waals surface area (Å²) in [5.41, 5.74) is -0.219. The monoisotopic (exact) mass is 1060 g/mol. The van der Waals surface area contributed by atoms with Crippen LogP contribution in [0, 0.1) is 0 Å². The molecule has 0 unspecified atom stereocenters. The molecule has 32 heteroatoms. The second kappa shape index (κ2) is 24.6. The van der Waals surface area contributed by atoms with E-state index in [-0.39, 0.29) is 5.57 Å². The van der Waals surface area contributed by atoms with Gasteiger partial charge in [0.1, 0.15) is 140 Å². The number of hydrogen-bond donors (Lipinski definition) is 17. The van der Waals surface area contributed by atoms with Gasteiger partial charge in [-0.25, -0.2) is 4.79 Å². The van der Waals surface area contributed by atoms with Crippen molar-refractivity contribution < 1.29 is 158 Å². The Morgan fingerprint density at radius 2 is 0.556 bits per heavy atom. The summed E-state index contributed by atoms with van der Waals surface area (Å²) in [4.78, 5) is 22.6. The Morgan fingerprint density at radius 3 is 0.778 bits per heavy atom. The normalized spacial score (nSPS) is 51.6. The van der Waals surface area contributed by atoms with Crippen molar-refractivity contribution in [3.05, 3.63) is 12.2 Å². The third-order valence-electron chi connectivity index (χ3n) is 13.2. The molecule has 0 aromatic heterocycles. The van der Waals surface area contributed by atoms with Gasteiger partial charge < -0.3 is 144 Å². The maximum atomic E-state index is 12.5. The Labute approximate surface area is 406 Å². The third-order valence-corrected chi connectivity index (χ3v) is 13.2. The lowest BCUT2D eigenvalue weighted by Crippen LogP contribution is -2.69. The van der Waals surface area contributed by atoms with Crippen LogP contribution in [-0.2, 0) is 71.4 Å². The van der Waals surface area contributed by atoms with Gasteiger partial charge in [0.15, 0.2) is 43.8 Å². The third kappa shape index (κ3) is 11.5. The average molecular weight is 1060 g/mol. The van der Waals surface area contributed by atoms with Gasteiger partial charge in [-0.2, -0.15) is 4.89 Å².